The SMILES string of the molecule is CCc1nc(COC(=O)CSc2nc3ccccc3c(=O)n2CCC(C)C)cs1. The second-order valence-electron chi connectivity index (χ2n) is 7.09. The van der Waals surface area contributed by atoms with Gasteiger partial charge in [-0.25, -0.2) is 9.97 Å². The highest BCUT2D eigenvalue weighted by Gasteiger charge is 2.14. The van der Waals surface area contributed by atoms with Crippen molar-refractivity contribution in [1.29, 1.82) is 0 Å². The number of hydrogen-bond acceptors (Lipinski definition) is 7. The Morgan fingerprint density at radius 3 is 2.79 bits per heavy atom. The van der Waals surface area contributed by atoms with Crippen LogP contribution < -0.4 is 5.56 Å². The quantitative estimate of drug-likeness (QED) is 0.286. The average Bonchev–Trinajstić information content (AvgIpc) is 3.18. The Hall–Kier alpha value is -2.19. The molecule has 0 unspecified atom stereocenters. The number of ether oxygens (including phenoxy) is 1. The fourth-order valence-corrected chi connectivity index (χ4v) is 4.29. The van der Waals surface area contributed by atoms with Crippen LogP contribution in [0.3, 0.4) is 0 Å². The Bertz CT molecular complexity index is 1040. The van der Waals surface area contributed by atoms with E-state index in [4.69, 9.17) is 4.74 Å². The largest absolute Gasteiger partial charge is 0.459 e. The maximum Gasteiger partial charge on any atom is 0.316 e. The highest BCUT2D eigenvalue weighted by atomic mass is 32.2. The Kier molecular flexibility index (Phi) is 7.44. The van der Waals surface area contributed by atoms with Gasteiger partial charge in [0.2, 0.25) is 0 Å². The molecule has 0 aliphatic heterocycles. The second kappa shape index (κ2) is 10.0. The van der Waals surface area contributed by atoms with Crippen LogP contribution in [0.25, 0.3) is 10.9 Å². The summed E-state index contributed by atoms with van der Waals surface area (Å²) in [4.78, 5) is 34.2. The first-order chi connectivity index (χ1) is 14.0. The Morgan fingerprint density at radius 1 is 1.28 bits per heavy atom. The van der Waals surface area contributed by atoms with Crippen molar-refractivity contribution < 1.29 is 9.53 Å². The summed E-state index contributed by atoms with van der Waals surface area (Å²) in [5.74, 6) is 0.207. The molecule has 8 heteroatoms. The summed E-state index contributed by atoms with van der Waals surface area (Å²) >= 11 is 2.81. The lowest BCUT2D eigenvalue weighted by atomic mass is 10.1. The molecule has 0 saturated heterocycles. The van der Waals surface area contributed by atoms with Gasteiger partial charge in [-0.1, -0.05) is 44.7 Å². The highest BCUT2D eigenvalue weighted by molar-refractivity contribution is 7.99. The molecule has 0 amide bonds. The van der Waals surface area contributed by atoms with Gasteiger partial charge in [-0.3, -0.25) is 14.2 Å². The van der Waals surface area contributed by atoms with E-state index >= 15 is 0 Å². The summed E-state index contributed by atoms with van der Waals surface area (Å²) in [6.45, 7) is 7.02. The molecule has 0 N–H and O–H groups in total. The summed E-state index contributed by atoms with van der Waals surface area (Å²) < 4.78 is 7.01. The van der Waals surface area contributed by atoms with Gasteiger partial charge < -0.3 is 4.74 Å². The van der Waals surface area contributed by atoms with Crippen molar-refractivity contribution >= 4 is 40.0 Å². The number of thioether (sulfide) groups is 1. The molecule has 0 fully saturated rings. The van der Waals surface area contributed by atoms with Crippen molar-refractivity contribution in [3.63, 3.8) is 0 Å². The number of carbonyl (C=O) groups is 1. The van der Waals surface area contributed by atoms with E-state index in [1.165, 1.54) is 11.8 Å². The predicted octanol–water partition coefficient (Wildman–Crippen LogP) is 4.30. The number of carbonyl (C=O) groups excluding carboxylic acids is 1. The van der Waals surface area contributed by atoms with Gasteiger partial charge in [0.25, 0.3) is 5.56 Å². The molecule has 0 saturated carbocycles. The first kappa shape index (κ1) is 21.5. The van der Waals surface area contributed by atoms with Crippen molar-refractivity contribution in [1.82, 2.24) is 14.5 Å². The van der Waals surface area contributed by atoms with E-state index in [-0.39, 0.29) is 23.9 Å². The van der Waals surface area contributed by atoms with Crippen LogP contribution in [0.4, 0.5) is 0 Å². The highest BCUT2D eigenvalue weighted by Crippen LogP contribution is 2.19. The maximum atomic E-state index is 12.9. The van der Waals surface area contributed by atoms with E-state index < -0.39 is 0 Å². The molecule has 154 valence electrons. The summed E-state index contributed by atoms with van der Waals surface area (Å²) in [6, 6.07) is 7.30. The fourth-order valence-electron chi connectivity index (χ4n) is 2.74. The minimum atomic E-state index is -0.348. The first-order valence-corrected chi connectivity index (χ1v) is 11.6. The standard InChI is InChI=1S/C21H25N3O3S2/c1-4-18-22-15(12-28-18)11-27-19(25)13-29-21-23-17-8-6-5-7-16(17)20(26)24(21)10-9-14(2)3/h5-8,12,14H,4,9-11,13H2,1-3H3. The fraction of sp³-hybridized carbons (Fsp3) is 0.429. The van der Waals surface area contributed by atoms with Crippen LogP contribution in [0.2, 0.25) is 0 Å². The van der Waals surface area contributed by atoms with Crippen LogP contribution >= 0.6 is 23.1 Å². The number of aryl methyl sites for hydroxylation is 1. The summed E-state index contributed by atoms with van der Waals surface area (Å²) in [6.07, 6.45) is 1.73. The molecule has 0 radical (unpaired) electrons. The van der Waals surface area contributed by atoms with Gasteiger partial charge in [0, 0.05) is 11.9 Å². The number of nitrogens with zero attached hydrogens (tertiary/aromatic N) is 3. The third kappa shape index (κ3) is 5.67. The number of para-hydroxylation sites is 1. The number of aromatic nitrogens is 3. The third-order valence-corrected chi connectivity index (χ3v) is 6.35. The van der Waals surface area contributed by atoms with Crippen LogP contribution in [0, 0.1) is 5.92 Å². The molecule has 2 heterocycles. The van der Waals surface area contributed by atoms with Crippen LogP contribution in [-0.4, -0.2) is 26.3 Å². The first-order valence-electron chi connectivity index (χ1n) is 9.69. The van der Waals surface area contributed by atoms with E-state index in [1.54, 1.807) is 22.0 Å². The van der Waals surface area contributed by atoms with Gasteiger partial charge in [-0.2, -0.15) is 0 Å². The number of thiazole rings is 1. The van der Waals surface area contributed by atoms with Crippen LogP contribution in [0.5, 0.6) is 0 Å². The molecule has 3 rings (SSSR count). The van der Waals surface area contributed by atoms with E-state index in [9.17, 15) is 9.59 Å². The molecule has 3 aromatic rings. The smallest absolute Gasteiger partial charge is 0.316 e. The zero-order valence-electron chi connectivity index (χ0n) is 16.9. The third-order valence-electron chi connectivity index (χ3n) is 4.36. The maximum absolute atomic E-state index is 12.9. The zero-order valence-corrected chi connectivity index (χ0v) is 18.5. The predicted molar refractivity (Wildman–Crippen MR) is 117 cm³/mol. The summed E-state index contributed by atoms with van der Waals surface area (Å²) in [5.41, 5.74) is 1.34. The monoisotopic (exact) mass is 431 g/mol. The molecule has 6 nitrogen and oxygen atoms in total. The van der Waals surface area contributed by atoms with Gasteiger partial charge in [0.1, 0.15) is 6.61 Å². The summed E-state index contributed by atoms with van der Waals surface area (Å²) in [5, 5.41) is 4.08. The molecule has 2 aromatic heterocycles. The minimum absolute atomic E-state index is 0.0679. The lowest BCUT2D eigenvalue weighted by Gasteiger charge is -2.14. The number of benzene rings is 1. The van der Waals surface area contributed by atoms with Crippen molar-refractivity contribution in [3.05, 3.63) is 50.7 Å². The van der Waals surface area contributed by atoms with E-state index in [1.807, 2.05) is 30.5 Å². The van der Waals surface area contributed by atoms with Gasteiger partial charge in [-0.05, 0) is 30.9 Å². The van der Waals surface area contributed by atoms with Crippen LogP contribution in [0.1, 0.15) is 37.9 Å². The molecule has 29 heavy (non-hydrogen) atoms. The van der Waals surface area contributed by atoms with Gasteiger partial charge in [-0.15, -0.1) is 11.3 Å². The molecular weight excluding hydrogens is 406 g/mol. The van der Waals surface area contributed by atoms with E-state index in [0.717, 1.165) is 23.5 Å². The van der Waals surface area contributed by atoms with Crippen molar-refractivity contribution in [2.45, 2.75) is 51.9 Å². The van der Waals surface area contributed by atoms with Crippen molar-refractivity contribution in [2.75, 3.05) is 5.75 Å². The second-order valence-corrected chi connectivity index (χ2v) is 8.97. The Balaban J connectivity index is 1.71. The Labute approximate surface area is 178 Å². The molecule has 0 aliphatic carbocycles. The normalized spacial score (nSPS) is 11.3. The number of esters is 1. The molecular formula is C21H25N3O3S2. The van der Waals surface area contributed by atoms with Crippen LogP contribution in [-0.2, 0) is 29.1 Å². The summed E-state index contributed by atoms with van der Waals surface area (Å²) in [7, 11) is 0. The molecule has 0 spiro atoms. The van der Waals surface area contributed by atoms with E-state index in [2.05, 4.69) is 23.8 Å². The van der Waals surface area contributed by atoms with Crippen molar-refractivity contribution in [2.24, 2.45) is 5.92 Å². The lowest BCUT2D eigenvalue weighted by molar-refractivity contribution is -0.141. The topological polar surface area (TPSA) is 74.1 Å². The zero-order chi connectivity index (χ0) is 20.8. The Morgan fingerprint density at radius 2 is 2.07 bits per heavy atom. The van der Waals surface area contributed by atoms with Crippen LogP contribution in [0.15, 0.2) is 39.6 Å². The van der Waals surface area contributed by atoms with E-state index in [0.29, 0.717) is 28.5 Å². The lowest BCUT2D eigenvalue weighted by Crippen LogP contribution is -2.24. The number of hydrogen-bond donors (Lipinski definition) is 0. The molecule has 1 aromatic carbocycles. The minimum Gasteiger partial charge on any atom is -0.459 e. The average molecular weight is 432 g/mol. The van der Waals surface area contributed by atoms with Gasteiger partial charge in [0.05, 0.1) is 27.4 Å². The number of fused-ring (bicyclic) bond motifs is 1. The van der Waals surface area contributed by atoms with Gasteiger partial charge in [0.15, 0.2) is 5.16 Å². The molecule has 0 aliphatic rings. The molecule has 0 atom stereocenters. The molecule has 0 bridgehead atoms. The number of rotatable bonds is 9. The van der Waals surface area contributed by atoms with Crippen molar-refractivity contribution in [3.8, 4) is 0 Å². The van der Waals surface area contributed by atoms with Gasteiger partial charge >= 0.3 is 5.97 Å².